The minimum Gasteiger partial charge on any atom is -0.211 e. The summed E-state index contributed by atoms with van der Waals surface area (Å²) in [6, 6.07) is 0. The first-order valence-electron chi connectivity index (χ1n) is 3.64. The van der Waals surface area contributed by atoms with E-state index in [2.05, 4.69) is 9.98 Å². The fourth-order valence-electron chi connectivity index (χ4n) is 0.605. The summed E-state index contributed by atoms with van der Waals surface area (Å²) >= 11 is 0. The highest BCUT2D eigenvalue weighted by Crippen LogP contribution is 1.87. The van der Waals surface area contributed by atoms with Gasteiger partial charge in [-0.1, -0.05) is 12.2 Å². The molecule has 0 bridgehead atoms. The fourth-order valence-corrected chi connectivity index (χ4v) is 0.605. The smallest absolute Gasteiger partial charge is 0.211 e. The summed E-state index contributed by atoms with van der Waals surface area (Å²) in [7, 11) is 0. The maximum Gasteiger partial charge on any atom is 0.234 e. The molecule has 0 heterocycles. The quantitative estimate of drug-likeness (QED) is 0.256. The molecular weight excluding hydrogens is 156 g/mol. The van der Waals surface area contributed by atoms with Crippen molar-refractivity contribution in [2.75, 3.05) is 13.1 Å². The van der Waals surface area contributed by atoms with Crippen LogP contribution in [0.1, 0.15) is 12.8 Å². The van der Waals surface area contributed by atoms with E-state index < -0.39 is 0 Å². The summed E-state index contributed by atoms with van der Waals surface area (Å²) in [5.41, 5.74) is 0. The number of carbonyl (C=O) groups excluding carboxylic acids is 2. The second-order valence-electron chi connectivity index (χ2n) is 1.99. The first kappa shape index (κ1) is 10.5. The Morgan fingerprint density at radius 3 is 1.67 bits per heavy atom. The van der Waals surface area contributed by atoms with Crippen LogP contribution in [0.2, 0.25) is 0 Å². The standard InChI is InChI=1S/C8H10N2O2/c11-7-9-5-3-1-2-4-6-10-8-12/h1-2H,3-6H2. The first-order valence-corrected chi connectivity index (χ1v) is 3.64. The molecule has 0 atom stereocenters. The molecule has 0 aromatic carbocycles. The van der Waals surface area contributed by atoms with E-state index in [0.29, 0.717) is 13.1 Å². The molecule has 4 heteroatoms. The lowest BCUT2D eigenvalue weighted by molar-refractivity contribution is 0.562. The summed E-state index contributed by atoms with van der Waals surface area (Å²) in [4.78, 5) is 25.9. The molecule has 0 saturated carbocycles. The lowest BCUT2D eigenvalue weighted by Gasteiger charge is -1.84. The predicted octanol–water partition coefficient (Wildman–Crippen LogP) is 0.994. The van der Waals surface area contributed by atoms with Gasteiger partial charge < -0.3 is 0 Å². The van der Waals surface area contributed by atoms with Crippen molar-refractivity contribution in [1.82, 2.24) is 0 Å². The van der Waals surface area contributed by atoms with Gasteiger partial charge in [-0.3, -0.25) is 0 Å². The molecule has 0 radical (unpaired) electrons. The lowest BCUT2D eigenvalue weighted by Crippen LogP contribution is -1.77. The molecular formula is C8H10N2O2. The van der Waals surface area contributed by atoms with Crippen LogP contribution in [0.3, 0.4) is 0 Å². The Kier molecular flexibility index (Phi) is 8.31. The van der Waals surface area contributed by atoms with Gasteiger partial charge in [-0.15, -0.1) is 0 Å². The van der Waals surface area contributed by atoms with Gasteiger partial charge >= 0.3 is 0 Å². The van der Waals surface area contributed by atoms with Gasteiger partial charge in [0.05, 0.1) is 13.1 Å². The number of hydrogen-bond donors (Lipinski definition) is 0. The molecule has 0 aromatic rings. The zero-order chi connectivity index (χ0) is 9.07. The van der Waals surface area contributed by atoms with Gasteiger partial charge in [0, 0.05) is 0 Å². The molecule has 0 aliphatic carbocycles. The highest BCUT2D eigenvalue weighted by Gasteiger charge is 1.78. The second kappa shape index (κ2) is 9.50. The molecule has 0 unspecified atom stereocenters. The maximum atomic E-state index is 9.61. The number of isocyanates is 2. The molecule has 0 amide bonds. The second-order valence-corrected chi connectivity index (χ2v) is 1.99. The summed E-state index contributed by atoms with van der Waals surface area (Å²) in [5, 5.41) is 0. The SMILES string of the molecule is O=C=NCCC=CCCN=C=O. The van der Waals surface area contributed by atoms with E-state index in [1.54, 1.807) is 0 Å². The van der Waals surface area contributed by atoms with Crippen LogP contribution in [0, 0.1) is 0 Å². The zero-order valence-corrected chi connectivity index (χ0v) is 6.69. The van der Waals surface area contributed by atoms with Gasteiger partial charge in [-0.2, -0.15) is 0 Å². The van der Waals surface area contributed by atoms with Crippen molar-refractivity contribution in [2.24, 2.45) is 9.98 Å². The van der Waals surface area contributed by atoms with Gasteiger partial charge in [0.15, 0.2) is 0 Å². The maximum absolute atomic E-state index is 9.61. The summed E-state index contributed by atoms with van der Waals surface area (Å²) < 4.78 is 0. The molecule has 4 nitrogen and oxygen atoms in total. The third-order valence-corrected chi connectivity index (χ3v) is 1.11. The molecule has 0 aliphatic heterocycles. The Balaban J connectivity index is 3.25. The third kappa shape index (κ3) is 8.50. The molecule has 0 spiro atoms. The minimum absolute atomic E-state index is 0.469. The predicted molar refractivity (Wildman–Crippen MR) is 44.4 cm³/mol. The average Bonchev–Trinajstić information content (AvgIpc) is 2.10. The monoisotopic (exact) mass is 166 g/mol. The topological polar surface area (TPSA) is 58.9 Å². The van der Waals surface area contributed by atoms with Crippen molar-refractivity contribution in [3.63, 3.8) is 0 Å². The van der Waals surface area contributed by atoms with Crippen LogP contribution < -0.4 is 0 Å². The fraction of sp³-hybridized carbons (Fsp3) is 0.500. The summed E-state index contributed by atoms with van der Waals surface area (Å²) in [5.74, 6) is 0. The van der Waals surface area contributed by atoms with E-state index in [4.69, 9.17) is 0 Å². The minimum atomic E-state index is 0.469. The normalized spacial score (nSPS) is 9.00. The molecule has 0 aliphatic rings. The Bertz CT molecular complexity index is 199. The van der Waals surface area contributed by atoms with Crippen LogP contribution in [-0.2, 0) is 9.59 Å². The highest BCUT2D eigenvalue weighted by atomic mass is 16.1. The molecule has 12 heavy (non-hydrogen) atoms. The van der Waals surface area contributed by atoms with Crippen LogP contribution in [0.4, 0.5) is 0 Å². The summed E-state index contributed by atoms with van der Waals surface area (Å²) in [6.07, 6.45) is 8.12. The highest BCUT2D eigenvalue weighted by molar-refractivity contribution is 5.33. The first-order chi connectivity index (χ1) is 5.91. The lowest BCUT2D eigenvalue weighted by atomic mass is 10.3. The Morgan fingerprint density at radius 2 is 1.33 bits per heavy atom. The van der Waals surface area contributed by atoms with Crippen LogP contribution in [0.25, 0.3) is 0 Å². The van der Waals surface area contributed by atoms with Crippen molar-refractivity contribution >= 4 is 12.2 Å². The zero-order valence-electron chi connectivity index (χ0n) is 6.69. The van der Waals surface area contributed by atoms with Crippen molar-refractivity contribution in [3.05, 3.63) is 12.2 Å². The Morgan fingerprint density at radius 1 is 0.917 bits per heavy atom. The van der Waals surface area contributed by atoms with Crippen LogP contribution in [0.15, 0.2) is 22.1 Å². The van der Waals surface area contributed by atoms with Gasteiger partial charge in [0.2, 0.25) is 12.2 Å². The number of nitrogens with zero attached hydrogens (tertiary/aromatic N) is 2. The van der Waals surface area contributed by atoms with Crippen molar-refractivity contribution in [3.8, 4) is 0 Å². The molecule has 0 fully saturated rings. The molecule has 0 N–H and O–H groups in total. The van der Waals surface area contributed by atoms with E-state index in [1.165, 1.54) is 12.2 Å². The number of hydrogen-bond acceptors (Lipinski definition) is 4. The van der Waals surface area contributed by atoms with Gasteiger partial charge in [0.1, 0.15) is 0 Å². The molecule has 0 rings (SSSR count). The average molecular weight is 166 g/mol. The van der Waals surface area contributed by atoms with Crippen molar-refractivity contribution in [1.29, 1.82) is 0 Å². The van der Waals surface area contributed by atoms with Crippen LogP contribution in [-0.4, -0.2) is 25.2 Å². The van der Waals surface area contributed by atoms with E-state index in [0.717, 1.165) is 12.8 Å². The van der Waals surface area contributed by atoms with Gasteiger partial charge in [-0.25, -0.2) is 19.6 Å². The largest absolute Gasteiger partial charge is 0.234 e. The van der Waals surface area contributed by atoms with E-state index in [-0.39, 0.29) is 0 Å². The van der Waals surface area contributed by atoms with Gasteiger partial charge in [0.25, 0.3) is 0 Å². The molecule has 64 valence electrons. The van der Waals surface area contributed by atoms with Crippen molar-refractivity contribution in [2.45, 2.75) is 12.8 Å². The molecule has 0 saturated heterocycles. The summed E-state index contributed by atoms with van der Waals surface area (Å²) in [6.45, 7) is 0.938. The Labute approximate surface area is 70.7 Å². The molecule has 0 aromatic heterocycles. The van der Waals surface area contributed by atoms with Crippen LogP contribution >= 0.6 is 0 Å². The number of aliphatic imine (C=N–C) groups is 2. The van der Waals surface area contributed by atoms with Crippen molar-refractivity contribution < 1.29 is 9.59 Å². The van der Waals surface area contributed by atoms with Crippen LogP contribution in [0.5, 0.6) is 0 Å². The van der Waals surface area contributed by atoms with E-state index in [9.17, 15) is 9.59 Å². The van der Waals surface area contributed by atoms with E-state index >= 15 is 0 Å². The van der Waals surface area contributed by atoms with Gasteiger partial charge in [-0.05, 0) is 12.8 Å². The van der Waals surface area contributed by atoms with E-state index in [1.807, 2.05) is 12.2 Å². The Hall–Kier alpha value is -1.50. The third-order valence-electron chi connectivity index (χ3n) is 1.11. The number of rotatable bonds is 6.